The minimum atomic E-state index is -0.254. The first-order chi connectivity index (χ1) is 8.58. The Kier molecular flexibility index (Phi) is 4.09. The lowest BCUT2D eigenvalue weighted by Crippen LogP contribution is -2.39. The van der Waals surface area contributed by atoms with Crippen LogP contribution in [-0.2, 0) is 9.47 Å². The molecule has 18 heavy (non-hydrogen) atoms. The van der Waals surface area contributed by atoms with Gasteiger partial charge in [-0.1, -0.05) is 0 Å². The van der Waals surface area contributed by atoms with Crippen molar-refractivity contribution < 1.29 is 9.47 Å². The molecular formula is C12H18BrN3O2. The van der Waals surface area contributed by atoms with E-state index in [0.717, 1.165) is 28.9 Å². The zero-order chi connectivity index (χ0) is 13.2. The van der Waals surface area contributed by atoms with Crippen molar-refractivity contribution in [1.29, 1.82) is 0 Å². The van der Waals surface area contributed by atoms with E-state index >= 15 is 0 Å². The third-order valence-corrected chi connectivity index (χ3v) is 4.35. The first kappa shape index (κ1) is 13.6. The fraction of sp³-hybridized carbons (Fsp3) is 0.583. The van der Waals surface area contributed by atoms with E-state index in [1.165, 1.54) is 0 Å². The van der Waals surface area contributed by atoms with Gasteiger partial charge in [-0.3, -0.25) is 0 Å². The van der Waals surface area contributed by atoms with E-state index in [1.54, 1.807) is 13.3 Å². The van der Waals surface area contributed by atoms with Crippen LogP contribution in [0.4, 0.5) is 11.5 Å². The SMILES string of the molecule is COC1(CNc2ncc(N)c(C)c2Br)CCOC1. The van der Waals surface area contributed by atoms with Crippen LogP contribution in [0.1, 0.15) is 12.0 Å². The summed E-state index contributed by atoms with van der Waals surface area (Å²) in [4.78, 5) is 4.29. The molecule has 1 aromatic rings. The molecule has 1 aromatic heterocycles. The Morgan fingerprint density at radius 2 is 2.44 bits per heavy atom. The predicted octanol–water partition coefficient (Wildman–Crippen LogP) is 1.95. The second kappa shape index (κ2) is 5.42. The minimum absolute atomic E-state index is 0.254. The number of nitrogens with two attached hydrogens (primary N) is 1. The summed E-state index contributed by atoms with van der Waals surface area (Å²) >= 11 is 3.50. The Morgan fingerprint density at radius 3 is 3.06 bits per heavy atom. The maximum absolute atomic E-state index is 5.80. The number of methoxy groups -OCH3 is 1. The first-order valence-corrected chi connectivity index (χ1v) is 6.65. The van der Waals surface area contributed by atoms with Crippen molar-refractivity contribution in [3.05, 3.63) is 16.2 Å². The molecule has 1 fully saturated rings. The summed E-state index contributed by atoms with van der Waals surface area (Å²) in [6.07, 6.45) is 2.55. The molecule has 0 spiro atoms. The van der Waals surface area contributed by atoms with Gasteiger partial charge >= 0.3 is 0 Å². The lowest BCUT2D eigenvalue weighted by molar-refractivity contribution is -0.00626. The average molecular weight is 316 g/mol. The highest BCUT2D eigenvalue weighted by Gasteiger charge is 2.34. The van der Waals surface area contributed by atoms with Crippen molar-refractivity contribution in [2.24, 2.45) is 0 Å². The highest BCUT2D eigenvalue weighted by Crippen LogP contribution is 2.29. The summed E-state index contributed by atoms with van der Waals surface area (Å²) in [5, 5.41) is 3.30. The number of nitrogens with one attached hydrogen (secondary N) is 1. The number of hydrogen-bond acceptors (Lipinski definition) is 5. The first-order valence-electron chi connectivity index (χ1n) is 5.85. The number of nitrogens with zero attached hydrogens (tertiary/aromatic N) is 1. The number of nitrogen functional groups attached to an aromatic ring is 1. The van der Waals surface area contributed by atoms with Gasteiger partial charge in [0.1, 0.15) is 11.4 Å². The van der Waals surface area contributed by atoms with Gasteiger partial charge in [-0.25, -0.2) is 4.98 Å². The van der Waals surface area contributed by atoms with Crippen LogP contribution in [0.3, 0.4) is 0 Å². The molecule has 6 heteroatoms. The number of hydrogen-bond donors (Lipinski definition) is 2. The van der Waals surface area contributed by atoms with Gasteiger partial charge < -0.3 is 20.5 Å². The molecule has 5 nitrogen and oxygen atoms in total. The molecule has 0 radical (unpaired) electrons. The van der Waals surface area contributed by atoms with E-state index in [4.69, 9.17) is 15.2 Å². The fourth-order valence-corrected chi connectivity index (χ4v) is 2.39. The van der Waals surface area contributed by atoms with Crippen LogP contribution in [0.2, 0.25) is 0 Å². The third kappa shape index (κ3) is 2.60. The van der Waals surface area contributed by atoms with Crippen molar-refractivity contribution >= 4 is 27.4 Å². The molecule has 1 unspecified atom stereocenters. The molecule has 0 aliphatic carbocycles. The van der Waals surface area contributed by atoms with E-state index in [-0.39, 0.29) is 5.60 Å². The van der Waals surface area contributed by atoms with E-state index < -0.39 is 0 Å². The van der Waals surface area contributed by atoms with Crippen LogP contribution in [-0.4, -0.2) is 37.5 Å². The van der Waals surface area contributed by atoms with Crippen LogP contribution in [0, 0.1) is 6.92 Å². The van der Waals surface area contributed by atoms with Crippen LogP contribution in [0.15, 0.2) is 10.7 Å². The molecule has 0 amide bonds. The van der Waals surface area contributed by atoms with Crippen molar-refractivity contribution in [2.45, 2.75) is 18.9 Å². The standard InChI is InChI=1S/C12H18BrN3O2/c1-8-9(14)5-15-11(10(8)13)16-6-12(17-2)3-4-18-7-12/h5H,3-4,6-7,14H2,1-2H3,(H,15,16). The number of halogens is 1. The smallest absolute Gasteiger partial charge is 0.140 e. The van der Waals surface area contributed by atoms with Crippen molar-refractivity contribution in [3.63, 3.8) is 0 Å². The predicted molar refractivity (Wildman–Crippen MR) is 74.8 cm³/mol. The lowest BCUT2D eigenvalue weighted by Gasteiger charge is -2.26. The molecule has 1 aliphatic heterocycles. The zero-order valence-corrected chi connectivity index (χ0v) is 12.2. The minimum Gasteiger partial charge on any atom is -0.397 e. The second-order valence-corrected chi connectivity index (χ2v) is 5.34. The van der Waals surface area contributed by atoms with E-state index in [1.807, 2.05) is 6.92 Å². The van der Waals surface area contributed by atoms with E-state index in [9.17, 15) is 0 Å². The normalized spacial score (nSPS) is 23.3. The molecular weight excluding hydrogens is 298 g/mol. The Labute approximate surface area is 115 Å². The Morgan fingerprint density at radius 1 is 1.67 bits per heavy atom. The number of aromatic nitrogens is 1. The van der Waals surface area contributed by atoms with E-state index in [0.29, 0.717) is 18.8 Å². The highest BCUT2D eigenvalue weighted by atomic mass is 79.9. The summed E-state index contributed by atoms with van der Waals surface area (Å²) in [6.45, 7) is 3.97. The molecule has 100 valence electrons. The van der Waals surface area contributed by atoms with Crippen molar-refractivity contribution in [3.8, 4) is 0 Å². The van der Waals surface area contributed by atoms with Crippen LogP contribution in [0.5, 0.6) is 0 Å². The molecule has 1 atom stereocenters. The summed E-state index contributed by atoms with van der Waals surface area (Å²) in [5.41, 5.74) is 7.21. The van der Waals surface area contributed by atoms with Gasteiger partial charge in [0.05, 0.1) is 23.0 Å². The average Bonchev–Trinajstić information content (AvgIpc) is 2.85. The van der Waals surface area contributed by atoms with Gasteiger partial charge in [0.2, 0.25) is 0 Å². The van der Waals surface area contributed by atoms with Crippen LogP contribution >= 0.6 is 15.9 Å². The molecule has 3 N–H and O–H groups in total. The van der Waals surface area contributed by atoms with Gasteiger partial charge in [-0.15, -0.1) is 0 Å². The molecule has 0 bridgehead atoms. The largest absolute Gasteiger partial charge is 0.397 e. The van der Waals surface area contributed by atoms with E-state index in [2.05, 4.69) is 26.2 Å². The lowest BCUT2D eigenvalue weighted by atomic mass is 10.0. The van der Waals surface area contributed by atoms with Gasteiger partial charge in [0.25, 0.3) is 0 Å². The number of pyridine rings is 1. The Balaban J connectivity index is 2.08. The highest BCUT2D eigenvalue weighted by molar-refractivity contribution is 9.10. The van der Waals surface area contributed by atoms with Gasteiger partial charge in [0.15, 0.2) is 0 Å². The second-order valence-electron chi connectivity index (χ2n) is 4.54. The quantitative estimate of drug-likeness (QED) is 0.888. The van der Waals surface area contributed by atoms with Crippen molar-refractivity contribution in [2.75, 3.05) is 37.9 Å². The summed E-state index contributed by atoms with van der Waals surface area (Å²) in [7, 11) is 1.72. The molecule has 1 aliphatic rings. The van der Waals surface area contributed by atoms with Crippen LogP contribution < -0.4 is 11.1 Å². The molecule has 2 rings (SSSR count). The monoisotopic (exact) mass is 315 g/mol. The number of anilines is 2. The fourth-order valence-electron chi connectivity index (χ4n) is 1.92. The molecule has 1 saturated heterocycles. The van der Waals surface area contributed by atoms with Gasteiger partial charge in [-0.05, 0) is 28.4 Å². The van der Waals surface area contributed by atoms with Crippen molar-refractivity contribution in [1.82, 2.24) is 4.98 Å². The molecule has 0 saturated carbocycles. The third-order valence-electron chi connectivity index (χ3n) is 3.38. The topological polar surface area (TPSA) is 69.4 Å². The summed E-state index contributed by atoms with van der Waals surface area (Å²) < 4.78 is 11.9. The Hall–Kier alpha value is -0.850. The molecule has 0 aromatic carbocycles. The number of rotatable bonds is 4. The zero-order valence-electron chi connectivity index (χ0n) is 10.6. The maximum Gasteiger partial charge on any atom is 0.140 e. The number of ether oxygens (including phenoxy) is 2. The van der Waals surface area contributed by atoms with Crippen LogP contribution in [0.25, 0.3) is 0 Å². The van der Waals surface area contributed by atoms with Gasteiger partial charge in [-0.2, -0.15) is 0 Å². The Bertz CT molecular complexity index is 434. The summed E-state index contributed by atoms with van der Waals surface area (Å²) in [5.74, 6) is 0.782. The summed E-state index contributed by atoms with van der Waals surface area (Å²) in [6, 6.07) is 0. The van der Waals surface area contributed by atoms with Gasteiger partial charge in [0, 0.05) is 26.7 Å². The molecule has 2 heterocycles. The maximum atomic E-state index is 5.80.